The van der Waals surface area contributed by atoms with Gasteiger partial charge >= 0.3 is 5.97 Å². The number of aromatic nitrogens is 4. The number of carbonyl (C=O) groups is 1. The summed E-state index contributed by atoms with van der Waals surface area (Å²) in [5, 5.41) is 20.6. The summed E-state index contributed by atoms with van der Waals surface area (Å²) in [4.78, 5) is 10.9. The third kappa shape index (κ3) is 3.65. The molecule has 0 aliphatic carbocycles. The van der Waals surface area contributed by atoms with Gasteiger partial charge in [-0.1, -0.05) is 45.0 Å². The molecule has 1 atom stereocenters. The maximum atomic E-state index is 10.9. The number of carboxylic acids is 1. The fraction of sp³-hybridized carbons (Fsp3) is 0.467. The molecule has 0 spiro atoms. The number of hydrogen-bond acceptors (Lipinski definition) is 4. The van der Waals surface area contributed by atoms with Crippen molar-refractivity contribution in [2.24, 2.45) is 5.92 Å². The van der Waals surface area contributed by atoms with Crippen molar-refractivity contribution in [3.05, 3.63) is 29.8 Å². The lowest BCUT2D eigenvalue weighted by Gasteiger charge is -2.09. The summed E-state index contributed by atoms with van der Waals surface area (Å²) in [5.74, 6) is -0.0642. The molecule has 0 saturated carbocycles. The minimum atomic E-state index is -0.800. The van der Waals surface area contributed by atoms with E-state index in [1.807, 2.05) is 12.1 Å². The minimum absolute atomic E-state index is 0.412. The van der Waals surface area contributed by atoms with Crippen LogP contribution in [-0.2, 0) is 11.3 Å². The van der Waals surface area contributed by atoms with Gasteiger partial charge in [-0.3, -0.25) is 4.79 Å². The van der Waals surface area contributed by atoms with Gasteiger partial charge in [-0.05, 0) is 28.3 Å². The summed E-state index contributed by atoms with van der Waals surface area (Å²) in [6.45, 7) is 6.46. The molecule has 0 bridgehead atoms. The van der Waals surface area contributed by atoms with E-state index >= 15 is 0 Å². The smallest absolute Gasteiger partial charge is 0.306 e. The van der Waals surface area contributed by atoms with Gasteiger partial charge in [-0.15, -0.1) is 5.10 Å². The van der Waals surface area contributed by atoms with Crippen LogP contribution in [0.3, 0.4) is 0 Å². The Kier molecular flexibility index (Phi) is 4.67. The Balaban J connectivity index is 2.14. The average Bonchev–Trinajstić information content (AvgIpc) is 2.93. The Labute approximate surface area is 123 Å². The van der Waals surface area contributed by atoms with Crippen LogP contribution in [0.4, 0.5) is 0 Å². The molecule has 2 aromatic rings. The molecule has 6 nitrogen and oxygen atoms in total. The van der Waals surface area contributed by atoms with Crippen molar-refractivity contribution >= 4 is 5.97 Å². The molecule has 0 aliphatic heterocycles. The molecule has 1 aromatic heterocycles. The van der Waals surface area contributed by atoms with Gasteiger partial charge in [0.15, 0.2) is 5.82 Å². The van der Waals surface area contributed by atoms with Crippen molar-refractivity contribution in [1.29, 1.82) is 0 Å². The quantitative estimate of drug-likeness (QED) is 0.883. The first kappa shape index (κ1) is 15.2. The summed E-state index contributed by atoms with van der Waals surface area (Å²) in [6.07, 6.45) is 0.497. The van der Waals surface area contributed by atoms with Crippen LogP contribution >= 0.6 is 0 Å². The molecular weight excluding hydrogens is 268 g/mol. The minimum Gasteiger partial charge on any atom is -0.481 e. The van der Waals surface area contributed by atoms with Crippen LogP contribution in [0, 0.1) is 5.92 Å². The summed E-state index contributed by atoms with van der Waals surface area (Å²) in [6, 6.07) is 8.13. The fourth-order valence-corrected chi connectivity index (χ4v) is 2.02. The maximum absolute atomic E-state index is 10.9. The zero-order valence-corrected chi connectivity index (χ0v) is 12.5. The molecule has 1 heterocycles. The van der Waals surface area contributed by atoms with Crippen molar-refractivity contribution in [3.63, 3.8) is 0 Å². The predicted molar refractivity (Wildman–Crippen MR) is 78.8 cm³/mol. The first-order chi connectivity index (χ1) is 9.99. The lowest BCUT2D eigenvalue weighted by atomic mass is 10.0. The molecule has 6 heteroatoms. The van der Waals surface area contributed by atoms with E-state index in [1.54, 1.807) is 11.6 Å². The van der Waals surface area contributed by atoms with Crippen LogP contribution < -0.4 is 0 Å². The van der Waals surface area contributed by atoms with Crippen LogP contribution in [-0.4, -0.2) is 31.3 Å². The molecule has 0 amide bonds. The van der Waals surface area contributed by atoms with Crippen molar-refractivity contribution in [2.75, 3.05) is 0 Å². The number of aryl methyl sites for hydroxylation is 1. The highest BCUT2D eigenvalue weighted by molar-refractivity contribution is 5.69. The maximum Gasteiger partial charge on any atom is 0.306 e. The van der Waals surface area contributed by atoms with E-state index in [2.05, 4.69) is 41.5 Å². The Bertz CT molecular complexity index is 604. The summed E-state index contributed by atoms with van der Waals surface area (Å²) < 4.78 is 1.66. The number of rotatable bonds is 6. The average molecular weight is 288 g/mol. The van der Waals surface area contributed by atoms with Crippen LogP contribution in [0.15, 0.2) is 24.3 Å². The molecule has 2 rings (SSSR count). The van der Waals surface area contributed by atoms with Gasteiger partial charge in [0.1, 0.15) is 0 Å². The lowest BCUT2D eigenvalue weighted by molar-refractivity contribution is -0.141. The van der Waals surface area contributed by atoms with E-state index < -0.39 is 11.9 Å². The second-order valence-electron chi connectivity index (χ2n) is 5.53. The molecule has 1 unspecified atom stereocenters. The van der Waals surface area contributed by atoms with Gasteiger partial charge in [0.05, 0.1) is 5.92 Å². The molecule has 1 aromatic carbocycles. The summed E-state index contributed by atoms with van der Waals surface area (Å²) in [5.41, 5.74) is 2.20. The molecular formula is C15H20N4O2. The van der Waals surface area contributed by atoms with E-state index in [4.69, 9.17) is 5.11 Å². The van der Waals surface area contributed by atoms with Crippen LogP contribution in [0.2, 0.25) is 0 Å². The third-order valence-electron chi connectivity index (χ3n) is 3.56. The van der Waals surface area contributed by atoms with Crippen LogP contribution in [0.25, 0.3) is 11.4 Å². The normalized spacial score (nSPS) is 12.6. The van der Waals surface area contributed by atoms with Gasteiger partial charge < -0.3 is 5.11 Å². The third-order valence-corrected chi connectivity index (χ3v) is 3.56. The first-order valence-corrected chi connectivity index (χ1v) is 7.08. The van der Waals surface area contributed by atoms with Crippen LogP contribution in [0.1, 0.15) is 38.7 Å². The van der Waals surface area contributed by atoms with Gasteiger partial charge in [-0.2, -0.15) is 0 Å². The van der Waals surface area contributed by atoms with Gasteiger partial charge in [0, 0.05) is 12.1 Å². The number of carboxylic acid groups (broad SMARTS) is 1. The zero-order chi connectivity index (χ0) is 15.4. The monoisotopic (exact) mass is 288 g/mol. The van der Waals surface area contributed by atoms with E-state index in [0.717, 1.165) is 5.56 Å². The topological polar surface area (TPSA) is 80.9 Å². The Morgan fingerprint density at radius 3 is 2.48 bits per heavy atom. The van der Waals surface area contributed by atoms with E-state index in [9.17, 15) is 4.79 Å². The SMILES string of the molecule is CC(CCn1nnnc1-c1ccc(C(C)C)cc1)C(=O)O. The lowest BCUT2D eigenvalue weighted by Crippen LogP contribution is -2.14. The summed E-state index contributed by atoms with van der Waals surface area (Å²) >= 11 is 0. The second-order valence-corrected chi connectivity index (χ2v) is 5.53. The van der Waals surface area contributed by atoms with Crippen LogP contribution in [0.5, 0.6) is 0 Å². The second kappa shape index (κ2) is 6.47. The van der Waals surface area contributed by atoms with Crippen molar-refractivity contribution in [2.45, 2.75) is 39.7 Å². The fourth-order valence-electron chi connectivity index (χ4n) is 2.02. The van der Waals surface area contributed by atoms with Crippen molar-refractivity contribution in [1.82, 2.24) is 20.2 Å². The largest absolute Gasteiger partial charge is 0.481 e. The Hall–Kier alpha value is -2.24. The van der Waals surface area contributed by atoms with E-state index in [1.165, 1.54) is 5.56 Å². The van der Waals surface area contributed by atoms with Gasteiger partial charge in [-0.25, -0.2) is 4.68 Å². The number of tetrazole rings is 1. The highest BCUT2D eigenvalue weighted by Crippen LogP contribution is 2.21. The number of aliphatic carboxylic acids is 1. The molecule has 0 fully saturated rings. The van der Waals surface area contributed by atoms with Crippen molar-refractivity contribution in [3.8, 4) is 11.4 Å². The number of nitrogens with zero attached hydrogens (tertiary/aromatic N) is 4. The summed E-state index contributed by atoms with van der Waals surface area (Å²) in [7, 11) is 0. The molecule has 21 heavy (non-hydrogen) atoms. The highest BCUT2D eigenvalue weighted by atomic mass is 16.4. The van der Waals surface area contributed by atoms with E-state index in [-0.39, 0.29) is 0 Å². The molecule has 0 saturated heterocycles. The molecule has 0 radical (unpaired) electrons. The Morgan fingerprint density at radius 2 is 1.90 bits per heavy atom. The highest BCUT2D eigenvalue weighted by Gasteiger charge is 2.14. The first-order valence-electron chi connectivity index (χ1n) is 7.08. The standard InChI is InChI=1S/C15H20N4O2/c1-10(2)12-4-6-13(7-5-12)14-16-17-18-19(14)9-8-11(3)15(20)21/h4-7,10-11H,8-9H2,1-3H3,(H,20,21). The van der Waals surface area contributed by atoms with Gasteiger partial charge in [0.2, 0.25) is 0 Å². The molecule has 0 aliphatic rings. The number of benzene rings is 1. The van der Waals surface area contributed by atoms with E-state index in [0.29, 0.717) is 24.7 Å². The molecule has 1 N–H and O–H groups in total. The predicted octanol–water partition coefficient (Wildman–Crippen LogP) is 2.57. The van der Waals surface area contributed by atoms with Gasteiger partial charge in [0.25, 0.3) is 0 Å². The Morgan fingerprint density at radius 1 is 1.24 bits per heavy atom. The van der Waals surface area contributed by atoms with Crippen molar-refractivity contribution < 1.29 is 9.90 Å². The number of hydrogen-bond donors (Lipinski definition) is 1. The molecule has 112 valence electrons. The zero-order valence-electron chi connectivity index (χ0n) is 12.5.